The predicted molar refractivity (Wildman–Crippen MR) is 83.2 cm³/mol. The Bertz CT molecular complexity index is 327. The SMILES string of the molecule is CC(CC(=O)O)CC(=O)NCCCN(C)C1CCCCC1. The van der Waals surface area contributed by atoms with Crippen molar-refractivity contribution in [3.05, 3.63) is 0 Å². The Morgan fingerprint density at radius 1 is 1.24 bits per heavy atom. The normalized spacial score (nSPS) is 17.7. The van der Waals surface area contributed by atoms with E-state index in [4.69, 9.17) is 5.11 Å². The van der Waals surface area contributed by atoms with E-state index >= 15 is 0 Å². The number of nitrogens with zero attached hydrogens (tertiary/aromatic N) is 1. The van der Waals surface area contributed by atoms with Crippen molar-refractivity contribution in [2.45, 2.75) is 64.3 Å². The molecule has 5 nitrogen and oxygen atoms in total. The zero-order chi connectivity index (χ0) is 15.7. The number of rotatable bonds is 9. The number of carbonyl (C=O) groups is 2. The zero-order valence-electron chi connectivity index (χ0n) is 13.4. The summed E-state index contributed by atoms with van der Waals surface area (Å²) in [5.74, 6) is -0.985. The van der Waals surface area contributed by atoms with E-state index in [9.17, 15) is 9.59 Å². The molecule has 0 spiro atoms. The molecular weight excluding hydrogens is 268 g/mol. The van der Waals surface area contributed by atoms with E-state index in [1.54, 1.807) is 6.92 Å². The number of carboxylic acid groups (broad SMARTS) is 1. The molecule has 5 heteroatoms. The molecule has 1 aliphatic rings. The summed E-state index contributed by atoms with van der Waals surface area (Å²) in [5.41, 5.74) is 0. The topological polar surface area (TPSA) is 69.6 Å². The first-order valence-electron chi connectivity index (χ1n) is 8.17. The van der Waals surface area contributed by atoms with Crippen LogP contribution in [-0.4, -0.2) is 48.1 Å². The lowest BCUT2D eigenvalue weighted by Gasteiger charge is -2.31. The molecule has 0 radical (unpaired) electrons. The highest BCUT2D eigenvalue weighted by Crippen LogP contribution is 2.21. The van der Waals surface area contributed by atoms with Crippen molar-refractivity contribution in [2.24, 2.45) is 5.92 Å². The van der Waals surface area contributed by atoms with E-state index in [1.165, 1.54) is 32.1 Å². The van der Waals surface area contributed by atoms with Gasteiger partial charge in [-0.25, -0.2) is 0 Å². The summed E-state index contributed by atoms with van der Waals surface area (Å²) in [6.45, 7) is 3.48. The van der Waals surface area contributed by atoms with Crippen LogP contribution in [0.5, 0.6) is 0 Å². The summed E-state index contributed by atoms with van der Waals surface area (Å²) >= 11 is 0. The minimum Gasteiger partial charge on any atom is -0.481 e. The summed E-state index contributed by atoms with van der Waals surface area (Å²) in [7, 11) is 2.17. The largest absolute Gasteiger partial charge is 0.481 e. The molecular formula is C16H30N2O3. The highest BCUT2D eigenvalue weighted by atomic mass is 16.4. The molecule has 2 N–H and O–H groups in total. The van der Waals surface area contributed by atoms with Gasteiger partial charge in [0.2, 0.25) is 5.91 Å². The van der Waals surface area contributed by atoms with Crippen molar-refractivity contribution in [1.29, 1.82) is 0 Å². The lowest BCUT2D eigenvalue weighted by Crippen LogP contribution is -2.36. The summed E-state index contributed by atoms with van der Waals surface area (Å²) in [4.78, 5) is 24.6. The third-order valence-corrected chi connectivity index (χ3v) is 4.26. The lowest BCUT2D eigenvalue weighted by molar-refractivity contribution is -0.138. The maximum Gasteiger partial charge on any atom is 0.303 e. The Hall–Kier alpha value is -1.10. The van der Waals surface area contributed by atoms with Crippen molar-refractivity contribution in [3.8, 4) is 0 Å². The minimum atomic E-state index is -0.843. The van der Waals surface area contributed by atoms with E-state index in [1.807, 2.05) is 0 Å². The molecule has 1 atom stereocenters. The van der Waals surface area contributed by atoms with E-state index in [0.29, 0.717) is 19.0 Å². The Morgan fingerprint density at radius 2 is 1.90 bits per heavy atom. The average Bonchev–Trinajstić information content (AvgIpc) is 2.43. The van der Waals surface area contributed by atoms with Crippen LogP contribution in [0.2, 0.25) is 0 Å². The molecule has 1 saturated carbocycles. The van der Waals surface area contributed by atoms with Crippen molar-refractivity contribution in [1.82, 2.24) is 10.2 Å². The van der Waals surface area contributed by atoms with Crippen LogP contribution in [0.1, 0.15) is 58.3 Å². The molecule has 0 aromatic heterocycles. The van der Waals surface area contributed by atoms with Crippen LogP contribution in [0.4, 0.5) is 0 Å². The van der Waals surface area contributed by atoms with Gasteiger partial charge in [-0.3, -0.25) is 9.59 Å². The Balaban J connectivity index is 2.07. The maximum absolute atomic E-state index is 11.7. The quantitative estimate of drug-likeness (QED) is 0.641. The van der Waals surface area contributed by atoms with Gasteiger partial charge < -0.3 is 15.3 Å². The number of aliphatic carboxylic acids is 1. The molecule has 0 aromatic carbocycles. The third kappa shape index (κ3) is 8.05. The molecule has 1 unspecified atom stereocenters. The lowest BCUT2D eigenvalue weighted by atomic mass is 9.94. The number of hydrogen-bond acceptors (Lipinski definition) is 3. The molecule has 0 aliphatic heterocycles. The second-order valence-electron chi connectivity index (χ2n) is 6.38. The van der Waals surface area contributed by atoms with Crippen LogP contribution in [0, 0.1) is 5.92 Å². The fourth-order valence-electron chi connectivity index (χ4n) is 3.02. The number of carboxylic acids is 1. The smallest absolute Gasteiger partial charge is 0.303 e. The highest BCUT2D eigenvalue weighted by Gasteiger charge is 2.17. The fourth-order valence-corrected chi connectivity index (χ4v) is 3.02. The van der Waals surface area contributed by atoms with Crippen LogP contribution in [0.15, 0.2) is 0 Å². The van der Waals surface area contributed by atoms with Gasteiger partial charge in [-0.2, -0.15) is 0 Å². The van der Waals surface area contributed by atoms with Gasteiger partial charge in [-0.1, -0.05) is 26.2 Å². The van der Waals surface area contributed by atoms with Crippen molar-refractivity contribution < 1.29 is 14.7 Å². The second kappa shape index (κ2) is 9.77. The standard InChI is InChI=1S/C16H30N2O3/c1-13(12-16(20)21)11-15(19)17-9-6-10-18(2)14-7-4-3-5-8-14/h13-14H,3-12H2,1-2H3,(H,17,19)(H,20,21). The minimum absolute atomic E-state index is 0.0379. The first-order chi connectivity index (χ1) is 9.99. The summed E-state index contributed by atoms with van der Waals surface area (Å²) in [6, 6.07) is 0.713. The molecule has 1 rings (SSSR count). The molecule has 0 saturated heterocycles. The first kappa shape index (κ1) is 18.0. The summed E-state index contributed by atoms with van der Waals surface area (Å²) in [6.07, 6.45) is 7.95. The monoisotopic (exact) mass is 298 g/mol. The van der Waals surface area contributed by atoms with Gasteiger partial charge in [-0.15, -0.1) is 0 Å². The number of carbonyl (C=O) groups excluding carboxylic acids is 1. The van der Waals surface area contributed by atoms with Crippen LogP contribution >= 0.6 is 0 Å². The fraction of sp³-hybridized carbons (Fsp3) is 0.875. The molecule has 0 bridgehead atoms. The molecule has 1 aliphatic carbocycles. The van der Waals surface area contributed by atoms with Crippen LogP contribution in [0.25, 0.3) is 0 Å². The molecule has 0 heterocycles. The average molecular weight is 298 g/mol. The zero-order valence-corrected chi connectivity index (χ0v) is 13.4. The third-order valence-electron chi connectivity index (χ3n) is 4.26. The molecule has 21 heavy (non-hydrogen) atoms. The maximum atomic E-state index is 11.7. The van der Waals surface area contributed by atoms with E-state index in [2.05, 4.69) is 17.3 Å². The summed E-state index contributed by atoms with van der Waals surface area (Å²) in [5, 5.41) is 11.5. The second-order valence-corrected chi connectivity index (χ2v) is 6.38. The van der Waals surface area contributed by atoms with Crippen molar-refractivity contribution in [3.63, 3.8) is 0 Å². The van der Waals surface area contributed by atoms with Crippen LogP contribution < -0.4 is 5.32 Å². The van der Waals surface area contributed by atoms with E-state index in [0.717, 1.165) is 13.0 Å². The molecule has 0 aromatic rings. The van der Waals surface area contributed by atoms with E-state index < -0.39 is 5.97 Å². The van der Waals surface area contributed by atoms with Gasteiger partial charge in [-0.05, 0) is 38.8 Å². The first-order valence-corrected chi connectivity index (χ1v) is 8.17. The van der Waals surface area contributed by atoms with E-state index in [-0.39, 0.29) is 18.2 Å². The van der Waals surface area contributed by atoms with Crippen molar-refractivity contribution in [2.75, 3.05) is 20.1 Å². The Morgan fingerprint density at radius 3 is 2.52 bits per heavy atom. The van der Waals surface area contributed by atoms with Gasteiger partial charge in [0.05, 0.1) is 0 Å². The van der Waals surface area contributed by atoms with Gasteiger partial charge in [0, 0.05) is 25.4 Å². The van der Waals surface area contributed by atoms with Gasteiger partial charge in [0.25, 0.3) is 0 Å². The summed E-state index contributed by atoms with van der Waals surface area (Å²) < 4.78 is 0. The number of nitrogens with one attached hydrogen (secondary N) is 1. The molecule has 122 valence electrons. The van der Waals surface area contributed by atoms with Crippen molar-refractivity contribution >= 4 is 11.9 Å². The predicted octanol–water partition coefficient (Wildman–Crippen LogP) is 2.26. The Labute approximate surface area is 128 Å². The van der Waals surface area contributed by atoms with Gasteiger partial charge in [0.1, 0.15) is 0 Å². The van der Waals surface area contributed by atoms with Gasteiger partial charge in [0.15, 0.2) is 0 Å². The van der Waals surface area contributed by atoms with Crippen LogP contribution in [0.3, 0.4) is 0 Å². The highest BCUT2D eigenvalue weighted by molar-refractivity contribution is 5.77. The number of hydrogen-bond donors (Lipinski definition) is 2. The van der Waals surface area contributed by atoms with Crippen LogP contribution in [-0.2, 0) is 9.59 Å². The molecule has 1 amide bonds. The Kier molecular flexibility index (Phi) is 8.35. The number of amides is 1. The van der Waals surface area contributed by atoms with Gasteiger partial charge >= 0.3 is 5.97 Å². The molecule has 1 fully saturated rings.